The van der Waals surface area contributed by atoms with Crippen molar-refractivity contribution in [3.8, 4) is 0 Å². The van der Waals surface area contributed by atoms with E-state index in [4.69, 9.17) is 20.4 Å². The maximum absolute atomic E-state index is 10.3. The van der Waals surface area contributed by atoms with Gasteiger partial charge in [-0.25, -0.2) is 4.79 Å². The Morgan fingerprint density at radius 1 is 1.00 bits per heavy atom. The first kappa shape index (κ1) is 30.3. The molecule has 0 saturated heterocycles. The first-order valence-electron chi connectivity index (χ1n) is 3.17. The molecule has 17 heavy (non-hydrogen) atoms. The average Bonchev–Trinajstić information content (AvgIpc) is 1.82. The molecule has 0 unspecified atom stereocenters. The third-order valence-electron chi connectivity index (χ3n) is 1.29. The van der Waals surface area contributed by atoms with E-state index in [1.165, 1.54) is 0 Å². The number of hydrogen-bond acceptors (Lipinski definition) is 5. The number of rotatable bonds is 5. The van der Waals surface area contributed by atoms with Crippen LogP contribution in [0.5, 0.6) is 0 Å². The van der Waals surface area contributed by atoms with E-state index in [1.807, 2.05) is 0 Å². The van der Waals surface area contributed by atoms with Crippen molar-refractivity contribution in [3.05, 3.63) is 0 Å². The average molecular weight is 325 g/mol. The molecule has 0 aliphatic heterocycles. The number of carboxylic acids is 3. The van der Waals surface area contributed by atoms with E-state index in [0.717, 1.165) is 0 Å². The van der Waals surface area contributed by atoms with Crippen LogP contribution in [0.15, 0.2) is 0 Å². The van der Waals surface area contributed by atoms with Gasteiger partial charge in [-0.2, -0.15) is 0 Å². The summed E-state index contributed by atoms with van der Waals surface area (Å²) in [6.07, 6.45) is -2.29. The number of carbonyl (C=O) groups is 3. The van der Waals surface area contributed by atoms with Gasteiger partial charge in [0, 0.05) is 17.1 Å². The SMILES string of the molecule is Cl.N.O=C(O)CC(O)(CC(=O)O)C(=O)O.[Fe].[H-].[Na+]. The zero-order chi connectivity index (χ0) is 10.6. The predicted molar refractivity (Wildman–Crippen MR) is 50.5 cm³/mol. The van der Waals surface area contributed by atoms with Crippen LogP contribution in [-0.2, 0) is 31.5 Å². The van der Waals surface area contributed by atoms with Gasteiger partial charge in [-0.3, -0.25) is 9.59 Å². The van der Waals surface area contributed by atoms with E-state index in [2.05, 4.69) is 0 Å². The van der Waals surface area contributed by atoms with E-state index in [9.17, 15) is 14.4 Å². The molecule has 0 saturated carbocycles. The van der Waals surface area contributed by atoms with Crippen molar-refractivity contribution < 1.29 is 82.9 Å². The van der Waals surface area contributed by atoms with Gasteiger partial charge >= 0.3 is 47.5 Å². The molecule has 0 aromatic carbocycles. The van der Waals surface area contributed by atoms with Crippen LogP contribution in [0, 0.1) is 0 Å². The second kappa shape index (κ2) is 12.6. The second-order valence-electron chi connectivity index (χ2n) is 2.48. The van der Waals surface area contributed by atoms with Crippen LogP contribution in [0.25, 0.3) is 0 Å². The predicted octanol–water partition coefficient (Wildman–Crippen LogP) is -3.55. The largest absolute Gasteiger partial charge is 1.00 e. The summed E-state index contributed by atoms with van der Waals surface area (Å²) >= 11 is 0. The summed E-state index contributed by atoms with van der Waals surface area (Å²) in [6.45, 7) is 0. The molecule has 100 valence electrons. The molecule has 0 amide bonds. The minimum absolute atomic E-state index is 0. The molecule has 7 N–H and O–H groups in total. The Kier molecular flexibility index (Phi) is 22.4. The molecular formula is C6H13ClFeNNaO7. The third kappa shape index (κ3) is 12.4. The Morgan fingerprint density at radius 3 is 1.35 bits per heavy atom. The molecule has 0 rings (SSSR count). The number of carboxylic acid groups (broad SMARTS) is 3. The normalized spacial score (nSPS) is 8.29. The number of aliphatic carboxylic acids is 3. The van der Waals surface area contributed by atoms with Crippen molar-refractivity contribution in [1.29, 1.82) is 0 Å². The van der Waals surface area contributed by atoms with E-state index < -0.39 is 36.4 Å². The molecule has 0 spiro atoms. The molecule has 0 fully saturated rings. The van der Waals surface area contributed by atoms with Crippen LogP contribution in [0.3, 0.4) is 0 Å². The first-order chi connectivity index (χ1) is 5.78. The molecule has 0 aromatic rings. The van der Waals surface area contributed by atoms with Crippen molar-refractivity contribution in [1.82, 2.24) is 6.15 Å². The smallest absolute Gasteiger partial charge is 1.00 e. The van der Waals surface area contributed by atoms with Crippen LogP contribution >= 0.6 is 12.4 Å². The third-order valence-corrected chi connectivity index (χ3v) is 1.29. The van der Waals surface area contributed by atoms with Gasteiger partial charge in [-0.1, -0.05) is 0 Å². The molecular weight excluding hydrogens is 312 g/mol. The Balaban J connectivity index is -0.0000000720. The van der Waals surface area contributed by atoms with E-state index in [0.29, 0.717) is 0 Å². The van der Waals surface area contributed by atoms with Gasteiger partial charge < -0.3 is 28.0 Å². The summed E-state index contributed by atoms with van der Waals surface area (Å²) in [7, 11) is 0. The summed E-state index contributed by atoms with van der Waals surface area (Å²) in [5.41, 5.74) is -2.74. The van der Waals surface area contributed by atoms with E-state index in [-0.39, 0.29) is 66.6 Å². The van der Waals surface area contributed by atoms with Crippen molar-refractivity contribution in [3.63, 3.8) is 0 Å². The van der Waals surface area contributed by atoms with Crippen molar-refractivity contribution in [2.75, 3.05) is 0 Å². The van der Waals surface area contributed by atoms with Crippen molar-refractivity contribution in [2.24, 2.45) is 0 Å². The van der Waals surface area contributed by atoms with Crippen LogP contribution in [-0.4, -0.2) is 43.9 Å². The molecule has 0 aromatic heterocycles. The maximum atomic E-state index is 10.3. The monoisotopic (exact) mass is 325 g/mol. The van der Waals surface area contributed by atoms with E-state index >= 15 is 0 Å². The van der Waals surface area contributed by atoms with Gasteiger partial charge in [0.25, 0.3) is 0 Å². The number of hydrogen-bond donors (Lipinski definition) is 5. The first-order valence-corrected chi connectivity index (χ1v) is 3.17. The molecule has 0 heterocycles. The van der Waals surface area contributed by atoms with Crippen LogP contribution in [0.4, 0.5) is 0 Å². The number of aliphatic hydroxyl groups is 1. The zero-order valence-electron chi connectivity index (χ0n) is 9.90. The molecule has 11 heteroatoms. The van der Waals surface area contributed by atoms with Gasteiger partial charge in [0.1, 0.15) is 0 Å². The minimum Gasteiger partial charge on any atom is -1.00 e. The van der Waals surface area contributed by atoms with Crippen molar-refractivity contribution in [2.45, 2.75) is 18.4 Å². The Bertz CT molecular complexity index is 254. The Labute approximate surface area is 137 Å². The summed E-state index contributed by atoms with van der Waals surface area (Å²) in [5, 5.41) is 33.8. The van der Waals surface area contributed by atoms with Gasteiger partial charge in [-0.05, 0) is 0 Å². The standard InChI is InChI=1S/C6H8O7.ClH.Fe.H3N.Na.H/c7-3(8)1-6(13,5(11)12)2-4(9)10;;;;;/h13H,1-2H2,(H,7,8)(H,9,10)(H,11,12);1H;;1H3;;/q;;;;+1;-1. The fourth-order valence-electron chi connectivity index (χ4n) is 0.714. The Morgan fingerprint density at radius 2 is 1.24 bits per heavy atom. The molecule has 0 radical (unpaired) electrons. The van der Waals surface area contributed by atoms with E-state index in [1.54, 1.807) is 0 Å². The summed E-state index contributed by atoms with van der Waals surface area (Å²) < 4.78 is 0. The molecule has 0 bridgehead atoms. The minimum atomic E-state index is -2.74. The van der Waals surface area contributed by atoms with Gasteiger partial charge in [0.05, 0.1) is 12.8 Å². The molecule has 0 aliphatic rings. The van der Waals surface area contributed by atoms with Gasteiger partial charge in [0.2, 0.25) is 0 Å². The second-order valence-corrected chi connectivity index (χ2v) is 2.48. The summed E-state index contributed by atoms with van der Waals surface area (Å²) in [5.74, 6) is -5.02. The van der Waals surface area contributed by atoms with Crippen molar-refractivity contribution >= 4 is 30.3 Å². The van der Waals surface area contributed by atoms with Crippen LogP contribution < -0.4 is 35.7 Å². The van der Waals surface area contributed by atoms with Gasteiger partial charge in [0.15, 0.2) is 5.60 Å². The molecule has 0 aliphatic carbocycles. The zero-order valence-corrected chi connectivity index (χ0v) is 12.8. The van der Waals surface area contributed by atoms with Crippen LogP contribution in [0.1, 0.15) is 14.3 Å². The topological polar surface area (TPSA) is 167 Å². The number of halogens is 1. The fourth-order valence-corrected chi connectivity index (χ4v) is 0.714. The quantitative estimate of drug-likeness (QED) is 0.324. The maximum Gasteiger partial charge on any atom is 1.00 e. The summed E-state index contributed by atoms with van der Waals surface area (Å²) in [6, 6.07) is 0. The summed E-state index contributed by atoms with van der Waals surface area (Å²) in [4.78, 5) is 30.5. The molecule has 0 atom stereocenters. The molecule has 8 nitrogen and oxygen atoms in total. The van der Waals surface area contributed by atoms with Crippen LogP contribution in [0.2, 0.25) is 0 Å². The van der Waals surface area contributed by atoms with Gasteiger partial charge in [-0.15, -0.1) is 12.4 Å². The Hall–Kier alpha value is 0.139. The fraction of sp³-hybridized carbons (Fsp3) is 0.500.